The van der Waals surface area contributed by atoms with Gasteiger partial charge in [0.2, 0.25) is 5.91 Å². The first-order valence-corrected chi connectivity index (χ1v) is 9.15. The number of ether oxygens (including phenoxy) is 1. The van der Waals surface area contributed by atoms with Crippen LogP contribution in [0, 0.1) is 5.82 Å². The fourth-order valence-corrected chi connectivity index (χ4v) is 3.06. The maximum atomic E-state index is 13.8. The van der Waals surface area contributed by atoms with Crippen LogP contribution < -0.4 is 10.6 Å². The largest absolute Gasteiger partial charge is 0.376 e. The van der Waals surface area contributed by atoms with E-state index in [2.05, 4.69) is 15.6 Å². The van der Waals surface area contributed by atoms with Crippen molar-refractivity contribution in [2.45, 2.75) is 32.4 Å². The molecule has 2 aromatic rings. The monoisotopic (exact) mass is 386 g/mol. The highest BCUT2D eigenvalue weighted by atomic mass is 19.1. The first kappa shape index (κ1) is 19.8. The van der Waals surface area contributed by atoms with Crippen molar-refractivity contribution in [2.75, 3.05) is 23.8 Å². The average Bonchev–Trinajstić information content (AvgIpc) is 3.17. The van der Waals surface area contributed by atoms with Crippen molar-refractivity contribution in [3.8, 4) is 0 Å². The standard InChI is InChI=1S/C20H23FN4O3/c1-14(26)23-19-10-16(6-7-18(19)21)24-20(27)25(13-17-5-3-9-28-17)12-15-4-2-8-22-11-15/h2,4,6-8,10-11,17H,3,5,9,12-13H2,1H3,(H,23,26)(H,24,27). The minimum absolute atomic E-state index is 0.00872. The molecule has 1 unspecified atom stereocenters. The lowest BCUT2D eigenvalue weighted by atomic mass is 10.2. The molecule has 0 bridgehead atoms. The predicted octanol–water partition coefficient (Wildman–Crippen LogP) is 3.39. The molecule has 8 heteroatoms. The third kappa shape index (κ3) is 5.50. The molecule has 1 aromatic heterocycles. The molecule has 1 aromatic carbocycles. The minimum atomic E-state index is -0.570. The molecule has 2 N–H and O–H groups in total. The zero-order valence-electron chi connectivity index (χ0n) is 15.7. The van der Waals surface area contributed by atoms with E-state index in [9.17, 15) is 14.0 Å². The van der Waals surface area contributed by atoms with E-state index in [1.165, 1.54) is 25.1 Å². The molecule has 0 radical (unpaired) electrons. The number of urea groups is 1. The molecule has 0 spiro atoms. The van der Waals surface area contributed by atoms with Gasteiger partial charge in [0, 0.05) is 44.7 Å². The predicted molar refractivity (Wildman–Crippen MR) is 103 cm³/mol. The van der Waals surface area contributed by atoms with Crippen molar-refractivity contribution in [3.05, 3.63) is 54.1 Å². The molecule has 3 rings (SSSR count). The number of nitrogens with zero attached hydrogens (tertiary/aromatic N) is 2. The lowest BCUT2D eigenvalue weighted by Gasteiger charge is -2.26. The Kier molecular flexibility index (Phi) is 6.54. The Morgan fingerprint density at radius 3 is 2.86 bits per heavy atom. The number of aromatic nitrogens is 1. The number of amides is 3. The van der Waals surface area contributed by atoms with Crippen LogP contribution in [-0.2, 0) is 16.1 Å². The summed E-state index contributed by atoms with van der Waals surface area (Å²) in [6.45, 7) is 2.81. The van der Waals surface area contributed by atoms with Crippen molar-refractivity contribution in [3.63, 3.8) is 0 Å². The van der Waals surface area contributed by atoms with Gasteiger partial charge in [-0.05, 0) is 42.7 Å². The molecule has 1 aliphatic rings. The Hall–Kier alpha value is -3.00. The second-order valence-electron chi connectivity index (χ2n) is 6.68. The molecule has 0 aliphatic carbocycles. The first-order valence-electron chi connectivity index (χ1n) is 9.15. The Bertz CT molecular complexity index is 825. The van der Waals surface area contributed by atoms with Gasteiger partial charge in [-0.2, -0.15) is 0 Å². The quantitative estimate of drug-likeness (QED) is 0.797. The Balaban J connectivity index is 1.73. The fourth-order valence-electron chi connectivity index (χ4n) is 3.06. The molecule has 148 valence electrons. The first-order chi connectivity index (χ1) is 13.5. The van der Waals surface area contributed by atoms with Gasteiger partial charge in [-0.1, -0.05) is 6.07 Å². The lowest BCUT2D eigenvalue weighted by molar-refractivity contribution is -0.114. The van der Waals surface area contributed by atoms with E-state index in [-0.39, 0.29) is 23.7 Å². The highest BCUT2D eigenvalue weighted by Gasteiger charge is 2.23. The van der Waals surface area contributed by atoms with E-state index >= 15 is 0 Å². The number of hydrogen-bond acceptors (Lipinski definition) is 4. The molecule has 1 aliphatic heterocycles. The second kappa shape index (κ2) is 9.27. The summed E-state index contributed by atoms with van der Waals surface area (Å²) < 4.78 is 19.5. The summed E-state index contributed by atoms with van der Waals surface area (Å²) in [5, 5.41) is 5.18. The SMILES string of the molecule is CC(=O)Nc1cc(NC(=O)N(Cc2cccnc2)CC2CCCO2)ccc1F. The maximum Gasteiger partial charge on any atom is 0.322 e. The second-order valence-corrected chi connectivity index (χ2v) is 6.68. The van der Waals surface area contributed by atoms with E-state index in [0.717, 1.165) is 18.4 Å². The van der Waals surface area contributed by atoms with Crippen LogP contribution in [-0.4, -0.2) is 41.1 Å². The number of carbonyl (C=O) groups is 2. The number of carbonyl (C=O) groups excluding carboxylic acids is 2. The van der Waals surface area contributed by atoms with E-state index < -0.39 is 5.82 Å². The Morgan fingerprint density at radius 2 is 2.18 bits per heavy atom. The topological polar surface area (TPSA) is 83.6 Å². The number of hydrogen-bond donors (Lipinski definition) is 2. The van der Waals surface area contributed by atoms with E-state index in [4.69, 9.17) is 4.74 Å². The van der Waals surface area contributed by atoms with E-state index in [1.807, 2.05) is 12.1 Å². The lowest BCUT2D eigenvalue weighted by Crippen LogP contribution is -2.39. The molecule has 3 amide bonds. The highest BCUT2D eigenvalue weighted by molar-refractivity contribution is 5.92. The molecular weight excluding hydrogens is 363 g/mol. The number of benzene rings is 1. The number of nitrogens with one attached hydrogen (secondary N) is 2. The van der Waals surface area contributed by atoms with Crippen molar-refractivity contribution < 1.29 is 18.7 Å². The number of anilines is 2. The van der Waals surface area contributed by atoms with Crippen LogP contribution in [0.15, 0.2) is 42.7 Å². The summed E-state index contributed by atoms with van der Waals surface area (Å²) in [6.07, 6.45) is 5.26. The van der Waals surface area contributed by atoms with Gasteiger partial charge < -0.3 is 20.3 Å². The van der Waals surface area contributed by atoms with Crippen LogP contribution >= 0.6 is 0 Å². The van der Waals surface area contributed by atoms with E-state index in [0.29, 0.717) is 25.4 Å². The number of pyridine rings is 1. The average molecular weight is 386 g/mol. The smallest absolute Gasteiger partial charge is 0.322 e. The molecule has 1 fully saturated rings. The summed E-state index contributed by atoms with van der Waals surface area (Å²) in [6, 6.07) is 7.43. The van der Waals surface area contributed by atoms with Crippen molar-refractivity contribution >= 4 is 23.3 Å². The van der Waals surface area contributed by atoms with Gasteiger partial charge in [0.15, 0.2) is 0 Å². The van der Waals surface area contributed by atoms with Gasteiger partial charge in [0.1, 0.15) is 5.82 Å². The fraction of sp³-hybridized carbons (Fsp3) is 0.350. The Labute approximate surface area is 162 Å². The van der Waals surface area contributed by atoms with Gasteiger partial charge in [0.05, 0.1) is 11.8 Å². The third-order valence-electron chi connectivity index (χ3n) is 4.36. The molecule has 28 heavy (non-hydrogen) atoms. The van der Waals surface area contributed by atoms with Gasteiger partial charge in [-0.3, -0.25) is 9.78 Å². The molecule has 1 atom stereocenters. The van der Waals surface area contributed by atoms with Gasteiger partial charge in [-0.15, -0.1) is 0 Å². The van der Waals surface area contributed by atoms with Crippen LogP contribution in [0.2, 0.25) is 0 Å². The van der Waals surface area contributed by atoms with Crippen molar-refractivity contribution in [1.29, 1.82) is 0 Å². The number of rotatable bonds is 6. The Morgan fingerprint density at radius 1 is 1.32 bits per heavy atom. The van der Waals surface area contributed by atoms with Gasteiger partial charge in [-0.25, -0.2) is 9.18 Å². The zero-order valence-corrected chi connectivity index (χ0v) is 15.7. The molecule has 0 saturated carbocycles. The van der Waals surface area contributed by atoms with Crippen LogP contribution in [0.1, 0.15) is 25.3 Å². The van der Waals surface area contributed by atoms with E-state index in [1.54, 1.807) is 17.3 Å². The van der Waals surface area contributed by atoms with Crippen LogP contribution in [0.25, 0.3) is 0 Å². The van der Waals surface area contributed by atoms with Crippen LogP contribution in [0.4, 0.5) is 20.6 Å². The summed E-state index contributed by atoms with van der Waals surface area (Å²) in [5.74, 6) is -0.960. The maximum absolute atomic E-state index is 13.8. The molecule has 7 nitrogen and oxygen atoms in total. The van der Waals surface area contributed by atoms with Crippen molar-refractivity contribution in [1.82, 2.24) is 9.88 Å². The summed E-state index contributed by atoms with van der Waals surface area (Å²) in [5.41, 5.74) is 1.30. The van der Waals surface area contributed by atoms with Crippen LogP contribution in [0.5, 0.6) is 0 Å². The highest BCUT2D eigenvalue weighted by Crippen LogP contribution is 2.21. The van der Waals surface area contributed by atoms with Crippen LogP contribution in [0.3, 0.4) is 0 Å². The normalized spacial score (nSPS) is 15.9. The molecular formula is C20H23FN4O3. The van der Waals surface area contributed by atoms with Crippen molar-refractivity contribution in [2.24, 2.45) is 0 Å². The molecule has 1 saturated heterocycles. The number of halogens is 1. The third-order valence-corrected chi connectivity index (χ3v) is 4.36. The zero-order chi connectivity index (χ0) is 19.9. The summed E-state index contributed by atoms with van der Waals surface area (Å²) in [4.78, 5) is 29.8. The summed E-state index contributed by atoms with van der Waals surface area (Å²) >= 11 is 0. The summed E-state index contributed by atoms with van der Waals surface area (Å²) in [7, 11) is 0. The minimum Gasteiger partial charge on any atom is -0.376 e. The van der Waals surface area contributed by atoms with Gasteiger partial charge in [0.25, 0.3) is 0 Å². The molecule has 2 heterocycles. The van der Waals surface area contributed by atoms with Gasteiger partial charge >= 0.3 is 6.03 Å².